The van der Waals surface area contributed by atoms with Crippen molar-refractivity contribution in [1.29, 1.82) is 0 Å². The van der Waals surface area contributed by atoms with Gasteiger partial charge in [-0.1, -0.05) is 17.4 Å². The van der Waals surface area contributed by atoms with Crippen molar-refractivity contribution in [2.24, 2.45) is 0 Å². The highest BCUT2D eigenvalue weighted by atomic mass is 32.1. The van der Waals surface area contributed by atoms with Gasteiger partial charge in [0.25, 0.3) is 0 Å². The van der Waals surface area contributed by atoms with Gasteiger partial charge in [0, 0.05) is 17.5 Å². The molecule has 0 atom stereocenters. The van der Waals surface area contributed by atoms with Gasteiger partial charge < -0.3 is 10.6 Å². The summed E-state index contributed by atoms with van der Waals surface area (Å²) in [5, 5.41) is 14.8. The smallest absolute Gasteiger partial charge is 0.225 e. The Morgan fingerprint density at radius 1 is 1.18 bits per heavy atom. The van der Waals surface area contributed by atoms with E-state index in [2.05, 4.69) is 35.8 Å². The molecule has 7 nitrogen and oxygen atoms in total. The van der Waals surface area contributed by atoms with Crippen molar-refractivity contribution in [3.05, 3.63) is 46.9 Å². The largest absolute Gasteiger partial charge is 0.349 e. The van der Waals surface area contributed by atoms with E-state index in [1.807, 2.05) is 32.0 Å². The molecule has 0 aliphatic carbocycles. The maximum atomic E-state index is 4.50. The number of nitrogens with zero attached hydrogens (tertiary/aromatic N) is 5. The first-order valence-corrected chi connectivity index (χ1v) is 7.62. The van der Waals surface area contributed by atoms with Crippen LogP contribution < -0.4 is 10.6 Å². The van der Waals surface area contributed by atoms with Gasteiger partial charge in [0.2, 0.25) is 11.1 Å². The molecule has 0 bridgehead atoms. The molecule has 0 aliphatic heterocycles. The highest BCUT2D eigenvalue weighted by Crippen LogP contribution is 2.22. The fourth-order valence-electron chi connectivity index (χ4n) is 1.83. The predicted molar refractivity (Wildman–Crippen MR) is 86.3 cm³/mol. The summed E-state index contributed by atoms with van der Waals surface area (Å²) < 4.78 is 0. The second-order valence-corrected chi connectivity index (χ2v) is 5.48. The summed E-state index contributed by atoms with van der Waals surface area (Å²) in [6.45, 7) is 4.50. The Morgan fingerprint density at radius 3 is 2.82 bits per heavy atom. The Hall–Kier alpha value is -2.61. The fourth-order valence-corrected chi connectivity index (χ4v) is 2.27. The number of rotatable bonds is 5. The highest BCUT2D eigenvalue weighted by Gasteiger charge is 2.09. The summed E-state index contributed by atoms with van der Waals surface area (Å²) in [5.41, 5.74) is 4.50. The van der Waals surface area contributed by atoms with Gasteiger partial charge in [-0.05, 0) is 26.0 Å². The van der Waals surface area contributed by atoms with Crippen LogP contribution >= 0.6 is 11.3 Å². The Labute approximate surface area is 131 Å². The monoisotopic (exact) mass is 313 g/mol. The van der Waals surface area contributed by atoms with Gasteiger partial charge in [-0.25, -0.2) is 4.98 Å². The number of hydrogen-bond donors (Lipinski definition) is 2. The number of nitrogens with one attached hydrogen (secondary N) is 2. The van der Waals surface area contributed by atoms with Gasteiger partial charge >= 0.3 is 0 Å². The molecule has 0 spiro atoms. The normalized spacial score (nSPS) is 10.5. The lowest BCUT2D eigenvalue weighted by molar-refractivity contribution is 0.980. The molecule has 3 aromatic rings. The average molecular weight is 313 g/mol. The second-order valence-electron chi connectivity index (χ2n) is 4.65. The van der Waals surface area contributed by atoms with Gasteiger partial charge in [0.15, 0.2) is 0 Å². The number of hydrogen-bond acceptors (Lipinski definition) is 8. The van der Waals surface area contributed by atoms with Gasteiger partial charge in [0.1, 0.15) is 11.3 Å². The molecule has 0 radical (unpaired) electrons. The zero-order valence-corrected chi connectivity index (χ0v) is 13.1. The minimum absolute atomic E-state index is 0.556. The number of anilines is 3. The van der Waals surface area contributed by atoms with Crippen LogP contribution in [0.3, 0.4) is 0 Å². The highest BCUT2D eigenvalue weighted by molar-refractivity contribution is 7.13. The molecule has 0 aliphatic rings. The molecule has 0 saturated carbocycles. The van der Waals surface area contributed by atoms with Crippen molar-refractivity contribution < 1.29 is 0 Å². The summed E-state index contributed by atoms with van der Waals surface area (Å²) in [6, 6.07) is 5.79. The van der Waals surface area contributed by atoms with E-state index in [4.69, 9.17) is 0 Å². The third kappa shape index (κ3) is 3.34. The van der Waals surface area contributed by atoms with Crippen molar-refractivity contribution in [2.75, 3.05) is 10.6 Å². The molecule has 3 heterocycles. The summed E-state index contributed by atoms with van der Waals surface area (Å²) in [5.74, 6) is 1.29. The second kappa shape index (κ2) is 6.44. The summed E-state index contributed by atoms with van der Waals surface area (Å²) >= 11 is 1.42. The van der Waals surface area contributed by atoms with Crippen molar-refractivity contribution in [2.45, 2.75) is 20.4 Å². The summed E-state index contributed by atoms with van der Waals surface area (Å²) in [6.07, 6.45) is 1.76. The standard InChI is InChI=1S/C14H15N7S/c1-9-10(2)18-13(16-7-11-5-3-4-6-15-11)19-12(9)20-14-21-17-8-22-14/h3-6,8H,7H2,1-2H3,(H2,16,18,19,20,21). The third-order valence-corrected chi connectivity index (χ3v) is 3.74. The van der Waals surface area contributed by atoms with Crippen LogP contribution in [-0.2, 0) is 6.54 Å². The fraction of sp³-hybridized carbons (Fsp3) is 0.214. The van der Waals surface area contributed by atoms with Crippen molar-refractivity contribution in [3.63, 3.8) is 0 Å². The van der Waals surface area contributed by atoms with E-state index in [1.165, 1.54) is 11.3 Å². The lowest BCUT2D eigenvalue weighted by Gasteiger charge is -2.11. The first kappa shape index (κ1) is 14.3. The number of aryl methyl sites for hydroxylation is 1. The van der Waals surface area contributed by atoms with E-state index in [1.54, 1.807) is 11.7 Å². The molecule has 112 valence electrons. The van der Waals surface area contributed by atoms with Gasteiger partial charge in [-0.15, -0.1) is 10.2 Å². The van der Waals surface area contributed by atoms with Crippen LogP contribution in [0.25, 0.3) is 0 Å². The lowest BCUT2D eigenvalue weighted by atomic mass is 10.2. The third-order valence-electron chi connectivity index (χ3n) is 3.13. The topological polar surface area (TPSA) is 88.5 Å². The molecule has 0 saturated heterocycles. The SMILES string of the molecule is Cc1nc(NCc2ccccn2)nc(Nc2nncs2)c1C. The Balaban J connectivity index is 1.78. The van der Waals surface area contributed by atoms with Gasteiger partial charge in [-0.2, -0.15) is 4.98 Å². The van der Waals surface area contributed by atoms with E-state index < -0.39 is 0 Å². The first-order chi connectivity index (χ1) is 10.7. The van der Waals surface area contributed by atoms with Crippen LogP contribution in [-0.4, -0.2) is 25.1 Å². The predicted octanol–water partition coefficient (Wildman–Crippen LogP) is 2.70. The molecule has 8 heteroatoms. The molecule has 2 N–H and O–H groups in total. The van der Waals surface area contributed by atoms with Crippen LogP contribution in [0.15, 0.2) is 29.9 Å². The first-order valence-electron chi connectivity index (χ1n) is 6.74. The summed E-state index contributed by atoms with van der Waals surface area (Å²) in [7, 11) is 0. The van der Waals surface area contributed by atoms with Crippen molar-refractivity contribution in [3.8, 4) is 0 Å². The molecule has 0 unspecified atom stereocenters. The van der Waals surface area contributed by atoms with Crippen LogP contribution in [0, 0.1) is 13.8 Å². The Kier molecular flexibility index (Phi) is 4.19. The maximum Gasteiger partial charge on any atom is 0.225 e. The minimum atomic E-state index is 0.556. The quantitative estimate of drug-likeness (QED) is 0.748. The Bertz CT molecular complexity index is 743. The number of pyridine rings is 1. The maximum absolute atomic E-state index is 4.50. The molecule has 0 fully saturated rings. The van der Waals surface area contributed by atoms with Crippen LogP contribution in [0.1, 0.15) is 17.0 Å². The minimum Gasteiger partial charge on any atom is -0.349 e. The van der Waals surface area contributed by atoms with E-state index in [0.29, 0.717) is 17.6 Å². The lowest BCUT2D eigenvalue weighted by Crippen LogP contribution is -2.09. The van der Waals surface area contributed by atoms with E-state index in [0.717, 1.165) is 22.8 Å². The van der Waals surface area contributed by atoms with Gasteiger partial charge in [-0.3, -0.25) is 4.98 Å². The zero-order chi connectivity index (χ0) is 15.4. The van der Waals surface area contributed by atoms with Crippen LogP contribution in [0.4, 0.5) is 16.9 Å². The van der Waals surface area contributed by atoms with E-state index >= 15 is 0 Å². The molecule has 22 heavy (non-hydrogen) atoms. The van der Waals surface area contributed by atoms with E-state index in [9.17, 15) is 0 Å². The van der Waals surface area contributed by atoms with E-state index in [-0.39, 0.29) is 0 Å². The summed E-state index contributed by atoms with van der Waals surface area (Å²) in [4.78, 5) is 13.2. The zero-order valence-electron chi connectivity index (χ0n) is 12.2. The molecular weight excluding hydrogens is 298 g/mol. The Morgan fingerprint density at radius 2 is 2.09 bits per heavy atom. The van der Waals surface area contributed by atoms with Gasteiger partial charge in [0.05, 0.1) is 12.2 Å². The number of aromatic nitrogens is 5. The van der Waals surface area contributed by atoms with Crippen LogP contribution in [0.2, 0.25) is 0 Å². The van der Waals surface area contributed by atoms with Crippen molar-refractivity contribution in [1.82, 2.24) is 25.1 Å². The molecule has 0 amide bonds. The van der Waals surface area contributed by atoms with Crippen molar-refractivity contribution >= 4 is 28.2 Å². The average Bonchev–Trinajstić information content (AvgIpc) is 3.04. The molecular formula is C14H15N7S. The molecule has 3 rings (SSSR count). The molecule has 0 aromatic carbocycles. The van der Waals surface area contributed by atoms with Crippen LogP contribution in [0.5, 0.6) is 0 Å². The molecule has 3 aromatic heterocycles.